The molecule has 96 valence electrons. The van der Waals surface area contributed by atoms with Crippen molar-refractivity contribution in [2.24, 2.45) is 0 Å². The summed E-state index contributed by atoms with van der Waals surface area (Å²) < 4.78 is 0. The second-order valence-electron chi connectivity index (χ2n) is 3.38. The van der Waals surface area contributed by atoms with Crippen LogP contribution in [0.15, 0.2) is 30.3 Å². The van der Waals surface area contributed by atoms with Gasteiger partial charge in [-0.05, 0) is 36.6 Å². The van der Waals surface area contributed by atoms with Gasteiger partial charge in [0.1, 0.15) is 0 Å². The molecule has 0 fully saturated rings. The first-order valence-electron chi connectivity index (χ1n) is 5.17. The Bertz CT molecular complexity index is 450. The minimum atomic E-state index is -0.267. The number of hydrazine groups is 1. The second kappa shape index (κ2) is 6.87. The Balaban J connectivity index is 2.51. The summed E-state index contributed by atoms with van der Waals surface area (Å²) in [6, 6.07) is 8.83. The number of nitrogens with one attached hydrogen (secondary N) is 3. The Hall–Kier alpha value is -1.73. The first-order chi connectivity index (χ1) is 8.54. The van der Waals surface area contributed by atoms with Crippen LogP contribution >= 0.6 is 24.4 Å². The van der Waals surface area contributed by atoms with Crippen molar-refractivity contribution in [2.45, 2.75) is 0 Å². The average Bonchev–Trinajstić information content (AvgIpc) is 2.38. The van der Waals surface area contributed by atoms with Gasteiger partial charge in [-0.1, -0.05) is 18.2 Å². The van der Waals surface area contributed by atoms with Gasteiger partial charge in [0.15, 0.2) is 10.2 Å². The number of hydrogen-bond acceptors (Lipinski definition) is 3. The Morgan fingerprint density at radius 3 is 2.39 bits per heavy atom. The van der Waals surface area contributed by atoms with E-state index in [0.717, 1.165) is 0 Å². The van der Waals surface area contributed by atoms with Crippen LogP contribution in [0.1, 0.15) is 10.4 Å². The van der Waals surface area contributed by atoms with E-state index in [-0.39, 0.29) is 11.0 Å². The lowest BCUT2D eigenvalue weighted by atomic mass is 10.2. The van der Waals surface area contributed by atoms with Crippen molar-refractivity contribution < 1.29 is 4.79 Å². The molecule has 5 nitrogen and oxygen atoms in total. The highest BCUT2D eigenvalue weighted by atomic mass is 32.1. The van der Waals surface area contributed by atoms with Crippen LogP contribution in [-0.2, 0) is 0 Å². The third-order valence-corrected chi connectivity index (χ3v) is 2.72. The molecule has 0 radical (unpaired) electrons. The number of carbonyl (C=O) groups excluding carboxylic acids is 1. The Labute approximate surface area is 117 Å². The summed E-state index contributed by atoms with van der Waals surface area (Å²) >= 11 is 9.98. The second-order valence-corrected chi connectivity index (χ2v) is 4.17. The molecule has 0 bridgehead atoms. The van der Waals surface area contributed by atoms with Gasteiger partial charge < -0.3 is 5.32 Å². The molecule has 0 aliphatic rings. The van der Waals surface area contributed by atoms with E-state index in [2.05, 4.69) is 16.1 Å². The van der Waals surface area contributed by atoms with Crippen molar-refractivity contribution in [1.29, 1.82) is 0 Å². The summed E-state index contributed by atoms with van der Waals surface area (Å²) in [6.07, 6.45) is 0. The maximum atomic E-state index is 11.8. The lowest BCUT2D eigenvalue weighted by molar-refractivity contribution is 0.0975. The van der Waals surface area contributed by atoms with Crippen LogP contribution in [0.3, 0.4) is 0 Å². The molecular formula is C11H14N4OS2. The predicted molar refractivity (Wildman–Crippen MR) is 79.1 cm³/mol. The summed E-state index contributed by atoms with van der Waals surface area (Å²) in [5, 5.41) is 7.49. The Kier molecular flexibility index (Phi) is 5.47. The number of benzene rings is 1. The fourth-order valence-corrected chi connectivity index (χ4v) is 1.44. The summed E-state index contributed by atoms with van der Waals surface area (Å²) in [5.74, 6) is -0.267. The van der Waals surface area contributed by atoms with Crippen molar-refractivity contribution in [3.8, 4) is 0 Å². The van der Waals surface area contributed by atoms with E-state index in [4.69, 9.17) is 24.4 Å². The first-order valence-corrected chi connectivity index (χ1v) is 5.98. The molecule has 0 atom stereocenters. The molecule has 1 amide bonds. The number of hydrogen-bond donors (Lipinski definition) is 3. The largest absolute Gasteiger partial charge is 0.364 e. The van der Waals surface area contributed by atoms with E-state index in [1.807, 2.05) is 6.07 Å². The standard InChI is InChI=1S/C11H14N4OS2/c1-12-11(18)15(2)14-10(17)13-9(16)8-6-4-3-5-7-8/h3-7H,1-2H3,(H,12,18)(H2,13,14,16,17). The SMILES string of the molecule is CNC(=S)N(C)NC(=S)NC(=O)c1ccccc1. The minimum Gasteiger partial charge on any atom is -0.364 e. The maximum Gasteiger partial charge on any atom is 0.257 e. The number of amides is 1. The summed E-state index contributed by atoms with van der Waals surface area (Å²) in [4.78, 5) is 11.8. The molecule has 18 heavy (non-hydrogen) atoms. The van der Waals surface area contributed by atoms with Crippen molar-refractivity contribution in [2.75, 3.05) is 14.1 Å². The predicted octanol–water partition coefficient (Wildman–Crippen LogP) is 0.642. The van der Waals surface area contributed by atoms with Crippen LogP contribution in [0, 0.1) is 0 Å². The van der Waals surface area contributed by atoms with E-state index < -0.39 is 0 Å². The monoisotopic (exact) mass is 282 g/mol. The van der Waals surface area contributed by atoms with Gasteiger partial charge in [0.25, 0.3) is 5.91 Å². The molecule has 1 aromatic carbocycles. The van der Waals surface area contributed by atoms with Crippen LogP contribution in [0.2, 0.25) is 0 Å². The third kappa shape index (κ3) is 4.27. The number of carbonyl (C=O) groups is 1. The first kappa shape index (κ1) is 14.3. The van der Waals surface area contributed by atoms with Gasteiger partial charge in [0, 0.05) is 19.7 Å². The highest BCUT2D eigenvalue weighted by Gasteiger charge is 2.09. The number of nitrogens with zero attached hydrogens (tertiary/aromatic N) is 1. The highest BCUT2D eigenvalue weighted by molar-refractivity contribution is 7.80. The van der Waals surface area contributed by atoms with Crippen LogP contribution < -0.4 is 16.1 Å². The van der Waals surface area contributed by atoms with Crippen molar-refractivity contribution >= 4 is 40.6 Å². The van der Waals surface area contributed by atoms with Crippen molar-refractivity contribution in [1.82, 2.24) is 21.1 Å². The van der Waals surface area contributed by atoms with Gasteiger partial charge in [-0.3, -0.25) is 20.5 Å². The molecule has 3 N–H and O–H groups in total. The van der Waals surface area contributed by atoms with Crippen molar-refractivity contribution in [3.63, 3.8) is 0 Å². The van der Waals surface area contributed by atoms with E-state index in [9.17, 15) is 4.79 Å². The van der Waals surface area contributed by atoms with Gasteiger partial charge >= 0.3 is 0 Å². The van der Waals surface area contributed by atoms with Gasteiger partial charge in [-0.2, -0.15) is 0 Å². The lowest BCUT2D eigenvalue weighted by Gasteiger charge is -2.21. The van der Waals surface area contributed by atoms with E-state index in [1.54, 1.807) is 38.4 Å². The van der Waals surface area contributed by atoms with Crippen LogP contribution in [0.25, 0.3) is 0 Å². The molecule has 0 spiro atoms. The highest BCUT2D eigenvalue weighted by Crippen LogP contribution is 1.97. The maximum absolute atomic E-state index is 11.8. The zero-order chi connectivity index (χ0) is 13.5. The molecule has 0 saturated heterocycles. The van der Waals surface area contributed by atoms with Gasteiger partial charge in [0.05, 0.1) is 0 Å². The normalized spacial score (nSPS) is 9.22. The molecule has 7 heteroatoms. The summed E-state index contributed by atoms with van der Waals surface area (Å²) in [6.45, 7) is 0. The molecule has 0 aliphatic carbocycles. The molecule has 0 aliphatic heterocycles. The van der Waals surface area contributed by atoms with E-state index in [0.29, 0.717) is 10.7 Å². The number of rotatable bonds is 1. The molecule has 1 aromatic rings. The Morgan fingerprint density at radius 1 is 1.22 bits per heavy atom. The zero-order valence-corrected chi connectivity index (χ0v) is 11.7. The molecule has 0 unspecified atom stereocenters. The molecule has 0 aromatic heterocycles. The Morgan fingerprint density at radius 2 is 1.83 bits per heavy atom. The minimum absolute atomic E-state index is 0.184. The fourth-order valence-electron chi connectivity index (χ4n) is 1.16. The summed E-state index contributed by atoms with van der Waals surface area (Å²) in [5.41, 5.74) is 3.30. The van der Waals surface area contributed by atoms with Crippen LogP contribution in [0.4, 0.5) is 0 Å². The third-order valence-electron chi connectivity index (χ3n) is 2.05. The van der Waals surface area contributed by atoms with Crippen LogP contribution in [-0.4, -0.2) is 35.2 Å². The molecule has 0 heterocycles. The van der Waals surface area contributed by atoms with Gasteiger partial charge in [0.2, 0.25) is 0 Å². The van der Waals surface area contributed by atoms with E-state index in [1.165, 1.54) is 5.01 Å². The van der Waals surface area contributed by atoms with Gasteiger partial charge in [-0.15, -0.1) is 0 Å². The fraction of sp³-hybridized carbons (Fsp3) is 0.182. The zero-order valence-electron chi connectivity index (χ0n) is 10.1. The quantitative estimate of drug-likeness (QED) is 0.519. The lowest BCUT2D eigenvalue weighted by Crippen LogP contribution is -2.51. The average molecular weight is 282 g/mol. The molecule has 1 rings (SSSR count). The van der Waals surface area contributed by atoms with Crippen molar-refractivity contribution in [3.05, 3.63) is 35.9 Å². The molecular weight excluding hydrogens is 268 g/mol. The van der Waals surface area contributed by atoms with Crippen LogP contribution in [0.5, 0.6) is 0 Å². The summed E-state index contributed by atoms with van der Waals surface area (Å²) in [7, 11) is 3.39. The molecule has 0 saturated carbocycles. The smallest absolute Gasteiger partial charge is 0.257 e. The van der Waals surface area contributed by atoms with E-state index >= 15 is 0 Å². The van der Waals surface area contributed by atoms with Gasteiger partial charge in [-0.25, -0.2) is 0 Å². The topological polar surface area (TPSA) is 56.4 Å². The number of thiocarbonyl (C=S) groups is 2.